The maximum absolute atomic E-state index is 11.0. The van der Waals surface area contributed by atoms with Gasteiger partial charge in [-0.2, -0.15) is 0 Å². The fourth-order valence-electron chi connectivity index (χ4n) is 2.01. The van der Waals surface area contributed by atoms with E-state index in [-0.39, 0.29) is 5.69 Å². The Kier molecular flexibility index (Phi) is 4.32. The summed E-state index contributed by atoms with van der Waals surface area (Å²) < 4.78 is 0. The third-order valence-corrected chi connectivity index (χ3v) is 3.26. The van der Waals surface area contributed by atoms with Crippen LogP contribution < -0.4 is 5.32 Å². The number of fused-ring (bicyclic) bond motifs is 1. The van der Waals surface area contributed by atoms with Gasteiger partial charge in [-0.1, -0.05) is 6.92 Å². The number of nitro groups is 1. The van der Waals surface area contributed by atoms with Crippen molar-refractivity contribution in [2.75, 3.05) is 11.9 Å². The minimum Gasteiger partial charge on any atom is -0.481 e. The molecule has 2 rings (SSSR count). The van der Waals surface area contributed by atoms with E-state index in [1.807, 2.05) is 0 Å². The lowest BCUT2D eigenvalue weighted by molar-refractivity contribution is -0.383. The van der Waals surface area contributed by atoms with Gasteiger partial charge in [0.2, 0.25) is 0 Å². The van der Waals surface area contributed by atoms with Crippen LogP contribution in [0.2, 0.25) is 0 Å². The first-order valence-corrected chi connectivity index (χ1v) is 6.49. The van der Waals surface area contributed by atoms with Crippen molar-refractivity contribution < 1.29 is 14.8 Å². The molecule has 110 valence electrons. The number of nitrogens with zero attached hydrogens (tertiary/aromatic N) is 2. The third kappa shape index (κ3) is 3.25. The molecule has 0 aliphatic heterocycles. The lowest BCUT2D eigenvalue weighted by Crippen LogP contribution is -2.14. The molecule has 1 atom stereocenters. The van der Waals surface area contributed by atoms with Gasteiger partial charge in [0, 0.05) is 18.8 Å². The fourth-order valence-corrected chi connectivity index (χ4v) is 2.01. The van der Waals surface area contributed by atoms with Crippen LogP contribution in [-0.2, 0) is 4.79 Å². The highest BCUT2D eigenvalue weighted by molar-refractivity contribution is 5.96. The zero-order valence-electron chi connectivity index (χ0n) is 11.4. The van der Waals surface area contributed by atoms with E-state index in [1.165, 1.54) is 6.07 Å². The molecule has 0 saturated carbocycles. The second-order valence-electron chi connectivity index (χ2n) is 4.74. The number of benzene rings is 1. The minimum absolute atomic E-state index is 0.00236. The molecule has 7 heteroatoms. The number of aliphatic carboxylic acids is 1. The largest absolute Gasteiger partial charge is 0.481 e. The van der Waals surface area contributed by atoms with Crippen LogP contribution in [0.1, 0.15) is 13.3 Å². The predicted molar refractivity (Wildman–Crippen MR) is 78.3 cm³/mol. The first kappa shape index (κ1) is 14.7. The maximum Gasteiger partial charge on any atom is 0.306 e. The zero-order valence-corrected chi connectivity index (χ0v) is 11.4. The molecule has 0 saturated heterocycles. The Morgan fingerprint density at radius 3 is 2.90 bits per heavy atom. The van der Waals surface area contributed by atoms with E-state index >= 15 is 0 Å². The molecule has 2 N–H and O–H groups in total. The van der Waals surface area contributed by atoms with Crippen molar-refractivity contribution in [2.24, 2.45) is 5.92 Å². The lowest BCUT2D eigenvalue weighted by Gasteiger charge is -2.11. The van der Waals surface area contributed by atoms with E-state index in [1.54, 1.807) is 31.3 Å². The van der Waals surface area contributed by atoms with E-state index in [9.17, 15) is 14.9 Å². The number of hydrogen-bond donors (Lipinski definition) is 2. The lowest BCUT2D eigenvalue weighted by atomic mass is 10.1. The van der Waals surface area contributed by atoms with Crippen molar-refractivity contribution in [3.63, 3.8) is 0 Å². The Morgan fingerprint density at radius 1 is 1.48 bits per heavy atom. The van der Waals surface area contributed by atoms with Crippen LogP contribution in [0, 0.1) is 16.0 Å². The van der Waals surface area contributed by atoms with E-state index in [4.69, 9.17) is 5.11 Å². The van der Waals surface area contributed by atoms with E-state index in [0.717, 1.165) is 0 Å². The van der Waals surface area contributed by atoms with Gasteiger partial charge in [-0.3, -0.25) is 19.9 Å². The third-order valence-electron chi connectivity index (χ3n) is 3.26. The molecule has 21 heavy (non-hydrogen) atoms. The molecule has 1 unspecified atom stereocenters. The van der Waals surface area contributed by atoms with Crippen molar-refractivity contribution in [2.45, 2.75) is 13.3 Å². The van der Waals surface area contributed by atoms with Crippen LogP contribution in [0.25, 0.3) is 10.9 Å². The van der Waals surface area contributed by atoms with E-state index in [2.05, 4.69) is 10.3 Å². The molecule has 1 heterocycles. The normalized spacial score (nSPS) is 12.0. The van der Waals surface area contributed by atoms with Crippen molar-refractivity contribution in [3.8, 4) is 0 Å². The summed E-state index contributed by atoms with van der Waals surface area (Å²) in [5.74, 6) is -1.29. The number of anilines is 1. The average molecular weight is 289 g/mol. The Morgan fingerprint density at radius 2 is 2.24 bits per heavy atom. The molecule has 0 bridgehead atoms. The van der Waals surface area contributed by atoms with Crippen molar-refractivity contribution in [3.05, 3.63) is 40.6 Å². The van der Waals surface area contributed by atoms with Crippen LogP contribution in [0.4, 0.5) is 11.4 Å². The molecule has 0 aliphatic carbocycles. The van der Waals surface area contributed by atoms with Crippen LogP contribution in [0.15, 0.2) is 30.5 Å². The highest BCUT2D eigenvalue weighted by Gasteiger charge is 2.15. The molecule has 7 nitrogen and oxygen atoms in total. The van der Waals surface area contributed by atoms with Crippen LogP contribution in [0.5, 0.6) is 0 Å². The number of aromatic nitrogens is 1. The van der Waals surface area contributed by atoms with E-state index in [0.29, 0.717) is 29.6 Å². The summed E-state index contributed by atoms with van der Waals surface area (Å²) in [7, 11) is 0. The quantitative estimate of drug-likeness (QED) is 0.625. The molecule has 0 fully saturated rings. The monoisotopic (exact) mass is 289 g/mol. The Hall–Kier alpha value is -2.70. The smallest absolute Gasteiger partial charge is 0.306 e. The topological polar surface area (TPSA) is 105 Å². The summed E-state index contributed by atoms with van der Waals surface area (Å²) in [5, 5.41) is 23.4. The number of nitrogens with one attached hydrogen (secondary N) is 1. The summed E-state index contributed by atoms with van der Waals surface area (Å²) in [4.78, 5) is 25.5. The summed E-state index contributed by atoms with van der Waals surface area (Å²) in [6, 6.07) is 6.31. The number of carbonyl (C=O) groups is 1. The second kappa shape index (κ2) is 6.17. The first-order chi connectivity index (χ1) is 10.0. The first-order valence-electron chi connectivity index (χ1n) is 6.49. The predicted octanol–water partition coefficient (Wildman–Crippen LogP) is 2.67. The molecule has 1 aromatic carbocycles. The molecular weight excluding hydrogens is 274 g/mol. The number of hydrogen-bond acceptors (Lipinski definition) is 5. The SMILES string of the molecule is CC(CCNc1ccc([N+](=O)[O-])c2cccnc12)C(=O)O. The maximum atomic E-state index is 11.0. The van der Waals surface area contributed by atoms with Crippen molar-refractivity contribution in [1.82, 2.24) is 4.98 Å². The molecule has 0 aliphatic rings. The number of carboxylic acids is 1. The molecular formula is C14H15N3O4. The van der Waals surface area contributed by atoms with Gasteiger partial charge in [0.1, 0.15) is 5.52 Å². The van der Waals surface area contributed by atoms with Gasteiger partial charge < -0.3 is 10.4 Å². The molecule has 0 radical (unpaired) electrons. The second-order valence-corrected chi connectivity index (χ2v) is 4.74. The summed E-state index contributed by atoms with van der Waals surface area (Å²) in [6.45, 7) is 2.09. The van der Waals surface area contributed by atoms with Gasteiger partial charge in [-0.15, -0.1) is 0 Å². The number of non-ortho nitro benzene ring substituents is 1. The minimum atomic E-state index is -0.844. The molecule has 1 aromatic heterocycles. The Bertz CT molecular complexity index is 687. The van der Waals surface area contributed by atoms with Gasteiger partial charge >= 0.3 is 5.97 Å². The Balaban J connectivity index is 2.23. The molecule has 2 aromatic rings. The number of rotatable bonds is 6. The fraction of sp³-hybridized carbons (Fsp3) is 0.286. The summed E-state index contributed by atoms with van der Waals surface area (Å²) in [6.07, 6.45) is 2.03. The van der Waals surface area contributed by atoms with Crippen molar-refractivity contribution >= 4 is 28.2 Å². The zero-order chi connectivity index (χ0) is 15.4. The van der Waals surface area contributed by atoms with Gasteiger partial charge in [-0.25, -0.2) is 0 Å². The number of pyridine rings is 1. The Labute approximate surface area is 120 Å². The summed E-state index contributed by atoms with van der Waals surface area (Å²) in [5.41, 5.74) is 1.17. The number of nitro benzene ring substituents is 1. The van der Waals surface area contributed by atoms with Crippen LogP contribution in [-0.4, -0.2) is 27.5 Å². The van der Waals surface area contributed by atoms with Crippen molar-refractivity contribution in [1.29, 1.82) is 0 Å². The van der Waals surface area contributed by atoms with Gasteiger partial charge in [0.05, 0.1) is 21.9 Å². The molecule has 0 spiro atoms. The van der Waals surface area contributed by atoms with Crippen LogP contribution in [0.3, 0.4) is 0 Å². The highest BCUT2D eigenvalue weighted by atomic mass is 16.6. The van der Waals surface area contributed by atoms with Gasteiger partial charge in [0.15, 0.2) is 0 Å². The highest BCUT2D eigenvalue weighted by Crippen LogP contribution is 2.29. The van der Waals surface area contributed by atoms with Gasteiger partial charge in [0.25, 0.3) is 5.69 Å². The van der Waals surface area contributed by atoms with Crippen LogP contribution >= 0.6 is 0 Å². The summed E-state index contributed by atoms with van der Waals surface area (Å²) >= 11 is 0. The van der Waals surface area contributed by atoms with E-state index < -0.39 is 16.8 Å². The standard InChI is InChI=1S/C14H15N3O4/c1-9(14(18)19)6-8-15-11-4-5-12(17(20)21)10-3-2-7-16-13(10)11/h2-5,7,9,15H,6,8H2,1H3,(H,18,19). The van der Waals surface area contributed by atoms with Gasteiger partial charge in [-0.05, 0) is 24.6 Å². The molecule has 0 amide bonds. The average Bonchev–Trinajstić information content (AvgIpc) is 2.46. The number of carboxylic acid groups (broad SMARTS) is 1.